The van der Waals surface area contributed by atoms with Gasteiger partial charge >= 0.3 is 0 Å². The molecule has 0 bridgehead atoms. The van der Waals surface area contributed by atoms with Gasteiger partial charge in [0.15, 0.2) is 0 Å². The number of aryl methyl sites for hydroxylation is 1. The van der Waals surface area contributed by atoms with Crippen LogP contribution in [0.25, 0.3) is 0 Å². The van der Waals surface area contributed by atoms with E-state index in [1.54, 1.807) is 11.3 Å². The second-order valence-corrected chi connectivity index (χ2v) is 7.32. The molecule has 2 nitrogen and oxygen atoms in total. The Balaban J connectivity index is 2.02. The fourth-order valence-electron chi connectivity index (χ4n) is 2.37. The maximum atomic E-state index is 5.96. The van der Waals surface area contributed by atoms with Crippen molar-refractivity contribution in [2.45, 2.75) is 39.7 Å². The number of nitrogens with one attached hydrogen (secondary N) is 1. The van der Waals surface area contributed by atoms with Crippen molar-refractivity contribution in [3.05, 3.63) is 50.9 Å². The maximum absolute atomic E-state index is 5.96. The molecule has 0 aliphatic rings. The molecule has 1 heterocycles. The molecule has 0 fully saturated rings. The van der Waals surface area contributed by atoms with Gasteiger partial charge in [0.2, 0.25) is 0 Å². The predicted molar refractivity (Wildman–Crippen MR) is 92.3 cm³/mol. The molecule has 0 saturated carbocycles. The van der Waals surface area contributed by atoms with Crippen LogP contribution in [0.5, 0.6) is 0 Å². The lowest BCUT2D eigenvalue weighted by molar-refractivity contribution is 0.441. The Kier molecular flexibility index (Phi) is 6.22. The Morgan fingerprint density at radius 1 is 1.19 bits per heavy atom. The van der Waals surface area contributed by atoms with Gasteiger partial charge in [0, 0.05) is 16.4 Å². The summed E-state index contributed by atoms with van der Waals surface area (Å²) in [5.74, 6) is 0.551. The van der Waals surface area contributed by atoms with E-state index in [4.69, 9.17) is 11.6 Å². The molecule has 0 aliphatic heterocycles. The summed E-state index contributed by atoms with van der Waals surface area (Å²) in [7, 11) is 0. The average molecular weight is 323 g/mol. The summed E-state index contributed by atoms with van der Waals surface area (Å²) in [4.78, 5) is 4.60. The summed E-state index contributed by atoms with van der Waals surface area (Å²) in [5.41, 5.74) is 2.55. The van der Waals surface area contributed by atoms with Gasteiger partial charge in [-0.25, -0.2) is 4.98 Å². The number of halogens is 1. The molecule has 21 heavy (non-hydrogen) atoms. The van der Waals surface area contributed by atoms with Crippen molar-refractivity contribution >= 4 is 22.9 Å². The predicted octanol–water partition coefficient (Wildman–Crippen LogP) is 4.50. The van der Waals surface area contributed by atoms with Crippen molar-refractivity contribution in [3.8, 4) is 0 Å². The van der Waals surface area contributed by atoms with Gasteiger partial charge < -0.3 is 5.32 Å². The van der Waals surface area contributed by atoms with E-state index in [9.17, 15) is 0 Å². The van der Waals surface area contributed by atoms with Crippen LogP contribution in [-0.2, 0) is 12.8 Å². The molecule has 0 radical (unpaired) electrons. The van der Waals surface area contributed by atoms with Gasteiger partial charge in [-0.3, -0.25) is 0 Å². The molecule has 1 aromatic heterocycles. The fourth-order valence-corrected chi connectivity index (χ4v) is 3.12. The minimum Gasteiger partial charge on any atom is -0.314 e. The number of hydrogen-bond donors (Lipinski definition) is 1. The summed E-state index contributed by atoms with van der Waals surface area (Å²) in [6.07, 6.45) is 2.07. The number of hydrogen-bond acceptors (Lipinski definition) is 3. The van der Waals surface area contributed by atoms with Crippen molar-refractivity contribution in [1.82, 2.24) is 10.3 Å². The summed E-state index contributed by atoms with van der Waals surface area (Å²) >= 11 is 7.69. The van der Waals surface area contributed by atoms with E-state index in [1.165, 1.54) is 11.3 Å². The van der Waals surface area contributed by atoms with Crippen LogP contribution >= 0.6 is 22.9 Å². The zero-order valence-electron chi connectivity index (χ0n) is 12.9. The molecule has 114 valence electrons. The Bertz CT molecular complexity index is 548. The van der Waals surface area contributed by atoms with Crippen molar-refractivity contribution in [2.75, 3.05) is 6.54 Å². The van der Waals surface area contributed by atoms with Gasteiger partial charge in [0.1, 0.15) is 0 Å². The molecule has 1 aromatic carbocycles. The number of nitrogens with zero attached hydrogens (tertiary/aromatic N) is 1. The highest BCUT2D eigenvalue weighted by Gasteiger charge is 2.13. The first kappa shape index (κ1) is 16.5. The third-order valence-corrected chi connectivity index (χ3v) is 4.49. The topological polar surface area (TPSA) is 24.9 Å². The summed E-state index contributed by atoms with van der Waals surface area (Å²) in [6, 6.07) is 8.69. The first-order valence-electron chi connectivity index (χ1n) is 7.41. The van der Waals surface area contributed by atoms with Gasteiger partial charge in [0.25, 0.3) is 0 Å². The van der Waals surface area contributed by atoms with E-state index in [-0.39, 0.29) is 0 Å². The van der Waals surface area contributed by atoms with Crippen molar-refractivity contribution < 1.29 is 0 Å². The quantitative estimate of drug-likeness (QED) is 0.811. The molecular formula is C17H23ClN2S. The minimum atomic E-state index is 0.509. The molecule has 2 rings (SSSR count). The highest BCUT2D eigenvalue weighted by molar-refractivity contribution is 7.09. The Hall–Kier alpha value is -0.900. The molecule has 1 N–H and O–H groups in total. The number of benzene rings is 1. The Morgan fingerprint density at radius 2 is 1.90 bits per heavy atom. The monoisotopic (exact) mass is 322 g/mol. The van der Waals surface area contributed by atoms with Gasteiger partial charge in [0.05, 0.1) is 10.7 Å². The van der Waals surface area contributed by atoms with E-state index < -0.39 is 0 Å². The Labute approximate surface area is 136 Å². The molecule has 1 atom stereocenters. The normalized spacial score (nSPS) is 12.8. The van der Waals surface area contributed by atoms with Crippen molar-refractivity contribution in [3.63, 3.8) is 0 Å². The van der Waals surface area contributed by atoms with Crippen LogP contribution in [0, 0.1) is 12.8 Å². The van der Waals surface area contributed by atoms with E-state index in [2.05, 4.69) is 48.6 Å². The van der Waals surface area contributed by atoms with Crippen LogP contribution in [0.1, 0.15) is 30.1 Å². The van der Waals surface area contributed by atoms with Crippen molar-refractivity contribution in [1.29, 1.82) is 0 Å². The number of aromatic nitrogens is 1. The lowest BCUT2D eigenvalue weighted by atomic mass is 9.94. The minimum absolute atomic E-state index is 0.509. The van der Waals surface area contributed by atoms with E-state index in [0.29, 0.717) is 12.0 Å². The second kappa shape index (κ2) is 7.92. The molecule has 0 spiro atoms. The summed E-state index contributed by atoms with van der Waals surface area (Å²) < 4.78 is 0. The molecule has 1 unspecified atom stereocenters. The zero-order valence-corrected chi connectivity index (χ0v) is 14.5. The van der Waals surface area contributed by atoms with Crippen LogP contribution < -0.4 is 5.32 Å². The molecule has 4 heteroatoms. The van der Waals surface area contributed by atoms with Crippen LogP contribution in [0.15, 0.2) is 29.6 Å². The molecule has 0 amide bonds. The van der Waals surface area contributed by atoms with Crippen molar-refractivity contribution in [2.24, 2.45) is 5.92 Å². The van der Waals surface area contributed by atoms with Crippen LogP contribution in [0.4, 0.5) is 0 Å². The van der Waals surface area contributed by atoms with E-state index in [1.807, 2.05) is 12.1 Å². The first-order valence-corrected chi connectivity index (χ1v) is 8.67. The highest BCUT2D eigenvalue weighted by atomic mass is 35.5. The second-order valence-electron chi connectivity index (χ2n) is 5.82. The lowest BCUT2D eigenvalue weighted by Crippen LogP contribution is -2.31. The molecule has 0 saturated heterocycles. The fraction of sp³-hybridized carbons (Fsp3) is 0.471. The van der Waals surface area contributed by atoms with Crippen LogP contribution in [0.3, 0.4) is 0 Å². The molecular weight excluding hydrogens is 300 g/mol. The third kappa shape index (κ3) is 5.77. The van der Waals surface area contributed by atoms with Gasteiger partial charge in [-0.2, -0.15) is 0 Å². The smallest absolute Gasteiger partial charge is 0.0897 e. The SMILES string of the molecule is Cc1nc(CC(CNC(C)C)Cc2ccc(Cl)cc2)cs1. The third-order valence-electron chi connectivity index (χ3n) is 3.42. The van der Waals surface area contributed by atoms with Crippen LogP contribution in [0.2, 0.25) is 5.02 Å². The van der Waals surface area contributed by atoms with Gasteiger partial charge in [-0.1, -0.05) is 37.6 Å². The van der Waals surface area contributed by atoms with E-state index >= 15 is 0 Å². The number of thiazole rings is 1. The van der Waals surface area contributed by atoms with E-state index in [0.717, 1.165) is 29.4 Å². The standard InChI is InChI=1S/C17H23ClN2S/c1-12(2)19-10-15(9-17-11-21-13(3)20-17)8-14-4-6-16(18)7-5-14/h4-7,11-12,15,19H,8-10H2,1-3H3. The van der Waals surface area contributed by atoms with Gasteiger partial charge in [-0.15, -0.1) is 11.3 Å². The first-order chi connectivity index (χ1) is 10.0. The maximum Gasteiger partial charge on any atom is 0.0897 e. The summed E-state index contributed by atoms with van der Waals surface area (Å²) in [5, 5.41) is 7.68. The zero-order chi connectivity index (χ0) is 15.2. The van der Waals surface area contributed by atoms with Gasteiger partial charge in [-0.05, 0) is 49.9 Å². The highest BCUT2D eigenvalue weighted by Crippen LogP contribution is 2.18. The average Bonchev–Trinajstić information content (AvgIpc) is 2.84. The largest absolute Gasteiger partial charge is 0.314 e. The summed E-state index contributed by atoms with van der Waals surface area (Å²) in [6.45, 7) is 7.45. The molecule has 0 aliphatic carbocycles. The lowest BCUT2D eigenvalue weighted by Gasteiger charge is -2.19. The number of rotatable bonds is 7. The Morgan fingerprint density at radius 3 is 2.48 bits per heavy atom. The van der Waals surface area contributed by atoms with Crippen LogP contribution in [-0.4, -0.2) is 17.6 Å². The molecule has 2 aromatic rings.